The molecule has 1 N–H and O–H groups in total. The molecule has 2 aromatic carbocycles. The van der Waals surface area contributed by atoms with Crippen molar-refractivity contribution in [2.24, 2.45) is 0 Å². The van der Waals surface area contributed by atoms with E-state index >= 15 is 0 Å². The van der Waals surface area contributed by atoms with Crippen LogP contribution in [0.15, 0.2) is 59.6 Å². The number of benzene rings is 2. The molecule has 0 unspecified atom stereocenters. The number of anilines is 1. The third kappa shape index (κ3) is 4.65. The lowest BCUT2D eigenvalue weighted by Crippen LogP contribution is -2.15. The van der Waals surface area contributed by atoms with Crippen molar-refractivity contribution in [1.29, 1.82) is 0 Å². The van der Waals surface area contributed by atoms with Crippen LogP contribution in [-0.2, 0) is 16.0 Å². The number of fused-ring (bicyclic) bond motifs is 1. The molecular formula is C21H20N2O3S. The molecule has 0 radical (unpaired) electrons. The second-order valence-electron chi connectivity index (χ2n) is 5.91. The number of hydrogen-bond donors (Lipinski definition) is 1. The van der Waals surface area contributed by atoms with Gasteiger partial charge in [0.2, 0.25) is 5.91 Å². The van der Waals surface area contributed by atoms with E-state index in [1.807, 2.05) is 24.3 Å². The summed E-state index contributed by atoms with van der Waals surface area (Å²) in [4.78, 5) is 28.6. The average molecular weight is 380 g/mol. The molecule has 138 valence electrons. The third-order valence-electron chi connectivity index (χ3n) is 4.05. The number of nitrogens with one attached hydrogen (secondary N) is 1. The lowest BCUT2D eigenvalue weighted by Gasteiger charge is -2.10. The van der Waals surface area contributed by atoms with Crippen LogP contribution in [0.25, 0.3) is 10.9 Å². The summed E-state index contributed by atoms with van der Waals surface area (Å²) in [6.45, 7) is 2.08. The summed E-state index contributed by atoms with van der Waals surface area (Å²) in [7, 11) is 1.33. The number of amides is 1. The highest BCUT2D eigenvalue weighted by Crippen LogP contribution is 2.25. The van der Waals surface area contributed by atoms with Gasteiger partial charge in [-0.1, -0.05) is 43.0 Å². The topological polar surface area (TPSA) is 68.3 Å². The molecule has 27 heavy (non-hydrogen) atoms. The van der Waals surface area contributed by atoms with Crippen molar-refractivity contribution in [3.63, 3.8) is 0 Å². The number of rotatable bonds is 6. The van der Waals surface area contributed by atoms with Gasteiger partial charge in [-0.15, -0.1) is 0 Å². The Morgan fingerprint density at radius 2 is 1.93 bits per heavy atom. The number of aromatic nitrogens is 1. The van der Waals surface area contributed by atoms with E-state index in [9.17, 15) is 9.59 Å². The predicted octanol–water partition coefficient (Wildman–Crippen LogP) is 4.31. The fourth-order valence-corrected chi connectivity index (χ4v) is 3.58. The lowest BCUT2D eigenvalue weighted by atomic mass is 10.1. The number of nitrogens with zero attached hydrogens (tertiary/aromatic N) is 1. The Morgan fingerprint density at radius 1 is 1.11 bits per heavy atom. The first-order valence-electron chi connectivity index (χ1n) is 8.60. The molecule has 5 nitrogen and oxygen atoms in total. The largest absolute Gasteiger partial charge is 0.465 e. The summed E-state index contributed by atoms with van der Waals surface area (Å²) in [6, 6.07) is 16.8. The van der Waals surface area contributed by atoms with E-state index in [0.717, 1.165) is 27.9 Å². The molecule has 0 spiro atoms. The van der Waals surface area contributed by atoms with Gasteiger partial charge in [-0.2, -0.15) is 0 Å². The minimum absolute atomic E-state index is 0.154. The van der Waals surface area contributed by atoms with Crippen molar-refractivity contribution in [3.05, 3.63) is 65.7 Å². The van der Waals surface area contributed by atoms with E-state index < -0.39 is 5.97 Å². The highest BCUT2D eigenvalue weighted by Gasteiger charge is 2.11. The molecule has 0 aliphatic carbocycles. The van der Waals surface area contributed by atoms with Crippen LogP contribution in [0.5, 0.6) is 0 Å². The van der Waals surface area contributed by atoms with Crippen molar-refractivity contribution >= 4 is 40.2 Å². The van der Waals surface area contributed by atoms with E-state index in [2.05, 4.69) is 18.3 Å². The molecule has 0 fully saturated rings. The van der Waals surface area contributed by atoms with E-state index in [0.29, 0.717) is 11.3 Å². The fraction of sp³-hybridized carbons (Fsp3) is 0.190. The molecule has 1 heterocycles. The molecule has 1 amide bonds. The van der Waals surface area contributed by atoms with Crippen molar-refractivity contribution in [1.82, 2.24) is 4.98 Å². The van der Waals surface area contributed by atoms with Crippen LogP contribution >= 0.6 is 11.8 Å². The summed E-state index contributed by atoms with van der Waals surface area (Å²) in [5.41, 5.74) is 3.00. The molecule has 0 saturated heterocycles. The highest BCUT2D eigenvalue weighted by molar-refractivity contribution is 8.00. The van der Waals surface area contributed by atoms with Gasteiger partial charge < -0.3 is 10.1 Å². The number of methoxy groups -OCH3 is 1. The van der Waals surface area contributed by atoms with Crippen LogP contribution in [0.1, 0.15) is 22.8 Å². The van der Waals surface area contributed by atoms with Crippen LogP contribution in [0.4, 0.5) is 5.69 Å². The van der Waals surface area contributed by atoms with Gasteiger partial charge in [0.25, 0.3) is 0 Å². The Morgan fingerprint density at radius 3 is 2.70 bits per heavy atom. The summed E-state index contributed by atoms with van der Waals surface area (Å²) < 4.78 is 4.70. The Bertz CT molecular complexity index is 988. The number of aryl methyl sites for hydroxylation is 1. The molecule has 0 saturated carbocycles. The molecule has 6 heteroatoms. The van der Waals surface area contributed by atoms with Crippen LogP contribution in [0.2, 0.25) is 0 Å². The van der Waals surface area contributed by atoms with Gasteiger partial charge in [-0.25, -0.2) is 9.78 Å². The molecular weight excluding hydrogens is 360 g/mol. The van der Waals surface area contributed by atoms with Gasteiger partial charge in [0.15, 0.2) is 0 Å². The number of thioether (sulfide) groups is 1. The van der Waals surface area contributed by atoms with Gasteiger partial charge in [0.05, 0.1) is 23.9 Å². The smallest absolute Gasteiger partial charge is 0.337 e. The predicted molar refractivity (Wildman–Crippen MR) is 108 cm³/mol. The van der Waals surface area contributed by atoms with Gasteiger partial charge in [-0.05, 0) is 42.3 Å². The fourth-order valence-electron chi connectivity index (χ4n) is 2.69. The number of ether oxygens (including phenoxy) is 1. The molecule has 0 bridgehead atoms. The van der Waals surface area contributed by atoms with Crippen molar-refractivity contribution < 1.29 is 14.3 Å². The van der Waals surface area contributed by atoms with Gasteiger partial charge in [0, 0.05) is 11.1 Å². The second-order valence-corrected chi connectivity index (χ2v) is 6.87. The Hall–Kier alpha value is -2.86. The first kappa shape index (κ1) is 18.9. The van der Waals surface area contributed by atoms with E-state index in [1.165, 1.54) is 18.9 Å². The Balaban J connectivity index is 1.69. The summed E-state index contributed by atoms with van der Waals surface area (Å²) in [5.74, 6) is -0.353. The maximum Gasteiger partial charge on any atom is 0.337 e. The Labute approximate surface area is 162 Å². The van der Waals surface area contributed by atoms with Crippen molar-refractivity contribution in [2.45, 2.75) is 18.4 Å². The average Bonchev–Trinajstić information content (AvgIpc) is 2.71. The van der Waals surface area contributed by atoms with Crippen LogP contribution in [0.3, 0.4) is 0 Å². The minimum Gasteiger partial charge on any atom is -0.465 e. The standard InChI is InChI=1S/C21H20N2O3S/c1-3-14-11-15-7-4-5-10-18(15)23-20(14)27-13-19(24)22-17-9-6-8-16(12-17)21(25)26-2/h4-12H,3,13H2,1-2H3,(H,22,24). The van der Waals surface area contributed by atoms with E-state index in [4.69, 9.17) is 9.72 Å². The first-order chi connectivity index (χ1) is 13.1. The zero-order valence-corrected chi connectivity index (χ0v) is 16.0. The number of carbonyl (C=O) groups excluding carboxylic acids is 2. The summed E-state index contributed by atoms with van der Waals surface area (Å²) in [5, 5.41) is 4.78. The molecule has 0 aliphatic heterocycles. The molecule has 0 atom stereocenters. The number of pyridine rings is 1. The molecule has 3 rings (SSSR count). The van der Waals surface area contributed by atoms with Crippen molar-refractivity contribution in [2.75, 3.05) is 18.2 Å². The zero-order chi connectivity index (χ0) is 19.2. The number of para-hydroxylation sites is 1. The van der Waals surface area contributed by atoms with Crippen LogP contribution in [-0.4, -0.2) is 29.7 Å². The van der Waals surface area contributed by atoms with Gasteiger partial charge >= 0.3 is 5.97 Å². The summed E-state index contributed by atoms with van der Waals surface area (Å²) >= 11 is 1.41. The maximum absolute atomic E-state index is 12.3. The first-order valence-corrected chi connectivity index (χ1v) is 9.59. The van der Waals surface area contributed by atoms with E-state index in [-0.39, 0.29) is 11.7 Å². The lowest BCUT2D eigenvalue weighted by molar-refractivity contribution is -0.113. The monoisotopic (exact) mass is 380 g/mol. The maximum atomic E-state index is 12.3. The van der Waals surface area contributed by atoms with E-state index in [1.54, 1.807) is 24.3 Å². The van der Waals surface area contributed by atoms with Gasteiger partial charge in [-0.3, -0.25) is 4.79 Å². The quantitative estimate of drug-likeness (QED) is 0.510. The molecule has 0 aliphatic rings. The second kappa shape index (κ2) is 8.68. The zero-order valence-electron chi connectivity index (χ0n) is 15.2. The molecule has 1 aromatic heterocycles. The molecule has 3 aromatic rings. The number of esters is 1. The normalized spacial score (nSPS) is 10.6. The number of carbonyl (C=O) groups is 2. The van der Waals surface area contributed by atoms with Crippen LogP contribution in [0, 0.1) is 0 Å². The SMILES string of the molecule is CCc1cc2ccccc2nc1SCC(=O)Nc1cccc(C(=O)OC)c1. The minimum atomic E-state index is -0.437. The Kier molecular flexibility index (Phi) is 6.08. The summed E-state index contributed by atoms with van der Waals surface area (Å²) in [6.07, 6.45) is 0.850. The van der Waals surface area contributed by atoms with Crippen LogP contribution < -0.4 is 5.32 Å². The van der Waals surface area contributed by atoms with Gasteiger partial charge in [0.1, 0.15) is 5.03 Å². The third-order valence-corrected chi connectivity index (χ3v) is 5.08. The number of hydrogen-bond acceptors (Lipinski definition) is 5. The van der Waals surface area contributed by atoms with Crippen molar-refractivity contribution in [3.8, 4) is 0 Å². The highest BCUT2D eigenvalue weighted by atomic mass is 32.2.